The lowest BCUT2D eigenvalue weighted by Gasteiger charge is -2.44. The summed E-state index contributed by atoms with van der Waals surface area (Å²) in [6.07, 6.45) is 9.52. The average Bonchev–Trinajstić information content (AvgIpc) is 3.11. The van der Waals surface area contributed by atoms with Gasteiger partial charge in [-0.15, -0.1) is 0 Å². The molecule has 0 unspecified atom stereocenters. The summed E-state index contributed by atoms with van der Waals surface area (Å²) >= 11 is 0. The molecule has 1 N–H and O–H groups in total. The molecule has 0 amide bonds. The zero-order valence-electron chi connectivity index (χ0n) is 32.7. The van der Waals surface area contributed by atoms with Crippen LogP contribution in [0.2, 0.25) is 0 Å². The van der Waals surface area contributed by atoms with Crippen molar-refractivity contribution in [1.29, 1.82) is 0 Å². The number of nitrogens with zero attached hydrogens (tertiary/aromatic N) is 3. The molecule has 4 nitrogen and oxygen atoms in total. The summed E-state index contributed by atoms with van der Waals surface area (Å²) in [4.78, 5) is 9.81. The lowest BCUT2D eigenvalue weighted by Crippen LogP contribution is -2.37. The Labute approximate surface area is 306 Å². The van der Waals surface area contributed by atoms with Gasteiger partial charge in [-0.1, -0.05) is 101 Å². The van der Waals surface area contributed by atoms with Gasteiger partial charge in [-0.3, -0.25) is 0 Å². The van der Waals surface area contributed by atoms with Gasteiger partial charge < -0.3 is 20.0 Å². The van der Waals surface area contributed by atoms with E-state index in [0.717, 1.165) is 31.6 Å². The van der Waals surface area contributed by atoms with E-state index in [4.69, 9.17) is 0 Å². The van der Waals surface area contributed by atoms with Gasteiger partial charge >= 0.3 is 0 Å². The highest BCUT2D eigenvalue weighted by Gasteiger charge is 2.37. The van der Waals surface area contributed by atoms with Crippen LogP contribution in [-0.4, -0.2) is 60.3 Å². The third kappa shape index (κ3) is 8.00. The van der Waals surface area contributed by atoms with Gasteiger partial charge in [0, 0.05) is 69.8 Å². The van der Waals surface area contributed by atoms with Crippen LogP contribution in [0.1, 0.15) is 81.2 Å². The largest absolute Gasteiger partial charge is 0.378 e. The van der Waals surface area contributed by atoms with Crippen LogP contribution in [0.15, 0.2) is 107 Å². The first-order chi connectivity index (χ1) is 24.0. The molecule has 0 aliphatic carbocycles. The Balaban J connectivity index is 0.000000250. The Hall–Kier alpha value is -3.93. The van der Waals surface area contributed by atoms with E-state index in [0.29, 0.717) is 0 Å². The minimum atomic E-state index is -1.16. The first-order valence-corrected chi connectivity index (χ1v) is 20.8. The maximum Gasteiger partial charge on any atom is 0.0505 e. The molecule has 2 aliphatic rings. The lowest BCUT2D eigenvalue weighted by molar-refractivity contribution is 0.669. The third-order valence-corrected chi connectivity index (χ3v) is 12.5. The minimum absolute atomic E-state index is 0.214. The topological polar surface area (TPSA) is 21.8 Å². The van der Waals surface area contributed by atoms with Crippen molar-refractivity contribution in [3.63, 3.8) is 0 Å². The molecule has 0 fully saturated rings. The van der Waals surface area contributed by atoms with Crippen molar-refractivity contribution in [1.82, 2.24) is 5.32 Å². The van der Waals surface area contributed by atoms with E-state index in [1.807, 2.05) is 13.8 Å². The van der Waals surface area contributed by atoms with Crippen LogP contribution in [0.25, 0.3) is 11.3 Å². The van der Waals surface area contributed by atoms with Gasteiger partial charge in [0.05, 0.1) is 5.69 Å². The predicted octanol–water partition coefficient (Wildman–Crippen LogP) is 11.1. The fourth-order valence-electron chi connectivity index (χ4n) is 7.02. The summed E-state index contributed by atoms with van der Waals surface area (Å²) < 4.78 is 0. The molecule has 0 aromatic heterocycles. The van der Waals surface area contributed by atoms with Gasteiger partial charge in [-0.2, -0.15) is 10.0 Å². The molecule has 4 aromatic carbocycles. The molecule has 0 atom stereocenters. The van der Waals surface area contributed by atoms with E-state index in [-0.39, 0.29) is 5.92 Å². The van der Waals surface area contributed by atoms with Crippen molar-refractivity contribution in [3.8, 4) is 0 Å². The molecule has 0 saturated carbocycles. The summed E-state index contributed by atoms with van der Waals surface area (Å²) in [5.41, 5.74) is 13.3. The van der Waals surface area contributed by atoms with Gasteiger partial charge in [0.2, 0.25) is 0 Å². The standard InChI is InChI=1S/C28H34N2S.C15H22N2.C2H6/c1-19(2)22-11-9-10-12-23(22)28-24-15-13-20(29(3)4)17-26(24)31(7,8)27-18-21(30(5)6)14-16-25(27)28;1-3-7-14-13-8-5-6-9-15(13)17(14)12-11-16-10-4-2;1-2/h9-18,28H,1H2,2-8H3;5-9,16H,3-4,10-12H2,1-2H3;1-2H3/b;14-7+;. The number of rotatable bonds is 10. The predicted molar refractivity (Wildman–Crippen MR) is 226 cm³/mol. The van der Waals surface area contributed by atoms with E-state index in [2.05, 4.69) is 179 Å². The van der Waals surface area contributed by atoms with Crippen LogP contribution in [0, 0.1) is 0 Å². The number of anilines is 3. The van der Waals surface area contributed by atoms with Crippen molar-refractivity contribution in [2.24, 2.45) is 0 Å². The van der Waals surface area contributed by atoms with Gasteiger partial charge in [-0.25, -0.2) is 0 Å². The maximum absolute atomic E-state index is 4.29. The molecule has 5 heteroatoms. The van der Waals surface area contributed by atoms with Gasteiger partial charge in [0.1, 0.15) is 0 Å². The first kappa shape index (κ1) is 38.9. The molecule has 2 aliphatic heterocycles. The summed E-state index contributed by atoms with van der Waals surface area (Å²) in [5.74, 6) is 0.214. The Morgan fingerprint density at radius 3 is 1.88 bits per heavy atom. The molecule has 2 heterocycles. The highest BCUT2D eigenvalue weighted by Crippen LogP contribution is 2.66. The van der Waals surface area contributed by atoms with Crippen LogP contribution >= 0.6 is 10.0 Å². The van der Waals surface area contributed by atoms with Crippen LogP contribution < -0.4 is 20.0 Å². The van der Waals surface area contributed by atoms with Crippen LogP contribution in [-0.2, 0) is 0 Å². The highest BCUT2D eigenvalue weighted by atomic mass is 32.3. The second-order valence-electron chi connectivity index (χ2n) is 13.8. The molecule has 0 radical (unpaired) electrons. The van der Waals surface area contributed by atoms with Crippen LogP contribution in [0.5, 0.6) is 0 Å². The van der Waals surface area contributed by atoms with E-state index in [9.17, 15) is 0 Å². The summed E-state index contributed by atoms with van der Waals surface area (Å²) in [6, 6.07) is 31.6. The molecule has 6 rings (SSSR count). The van der Waals surface area contributed by atoms with Gasteiger partial charge in [0.15, 0.2) is 0 Å². The Morgan fingerprint density at radius 1 is 0.780 bits per heavy atom. The molecular formula is C45H62N4S. The zero-order chi connectivity index (χ0) is 36.6. The quantitative estimate of drug-likeness (QED) is 0.167. The second kappa shape index (κ2) is 17.3. The second-order valence-corrected chi connectivity index (χ2v) is 17.3. The Morgan fingerprint density at radius 2 is 1.34 bits per heavy atom. The van der Waals surface area contributed by atoms with Gasteiger partial charge in [0.25, 0.3) is 0 Å². The molecule has 4 aromatic rings. The molecular weight excluding hydrogens is 629 g/mol. The van der Waals surface area contributed by atoms with E-state index >= 15 is 0 Å². The number of benzene rings is 4. The smallest absolute Gasteiger partial charge is 0.0505 e. The SMILES string of the molecule is C=C(C)c1ccccc1C1c2ccc(N(C)C)cc2S(C)(C)c2cc(N(C)C)ccc21.CC.CC/C=C1\c2ccccc2N1CCNCCC. The molecule has 0 bridgehead atoms. The number of fused-ring (bicyclic) bond motifs is 3. The van der Waals surface area contributed by atoms with E-state index < -0.39 is 10.0 Å². The normalized spacial score (nSPS) is 15.2. The summed E-state index contributed by atoms with van der Waals surface area (Å²) in [7, 11) is 7.33. The lowest BCUT2D eigenvalue weighted by atomic mass is 9.81. The van der Waals surface area contributed by atoms with Crippen molar-refractivity contribution in [3.05, 3.63) is 125 Å². The minimum Gasteiger partial charge on any atom is -0.378 e. The van der Waals surface area contributed by atoms with Crippen molar-refractivity contribution in [2.75, 3.05) is 75.0 Å². The van der Waals surface area contributed by atoms with Crippen molar-refractivity contribution < 1.29 is 0 Å². The fraction of sp³-hybridized carbons (Fsp3) is 0.378. The van der Waals surface area contributed by atoms with E-state index in [1.165, 1.54) is 66.8 Å². The monoisotopic (exact) mass is 690 g/mol. The van der Waals surface area contributed by atoms with Crippen molar-refractivity contribution in [2.45, 2.75) is 63.2 Å². The Bertz CT molecular complexity index is 1720. The number of allylic oxidation sites excluding steroid dienone is 2. The zero-order valence-corrected chi connectivity index (χ0v) is 33.5. The highest BCUT2D eigenvalue weighted by molar-refractivity contribution is 8.32. The molecule has 268 valence electrons. The molecule has 50 heavy (non-hydrogen) atoms. The van der Waals surface area contributed by atoms with Gasteiger partial charge in [-0.05, 0) is 101 Å². The number of hydrogen-bond acceptors (Lipinski definition) is 4. The summed E-state index contributed by atoms with van der Waals surface area (Å²) in [6.45, 7) is 18.0. The number of para-hydroxylation sites is 1. The van der Waals surface area contributed by atoms with Crippen LogP contribution in [0.4, 0.5) is 17.1 Å². The number of nitrogens with one attached hydrogen (secondary N) is 1. The van der Waals surface area contributed by atoms with Crippen molar-refractivity contribution >= 4 is 38.4 Å². The third-order valence-electron chi connectivity index (χ3n) is 9.58. The Kier molecular flexibility index (Phi) is 13.5. The fourth-order valence-corrected chi connectivity index (χ4v) is 9.63. The first-order valence-electron chi connectivity index (χ1n) is 18.4. The average molecular weight is 691 g/mol. The summed E-state index contributed by atoms with van der Waals surface area (Å²) in [5, 5.41) is 3.46. The maximum atomic E-state index is 4.29. The van der Waals surface area contributed by atoms with E-state index in [1.54, 1.807) is 0 Å². The molecule has 0 saturated heterocycles. The number of hydrogen-bond donors (Lipinski definition) is 1. The molecule has 0 spiro atoms. The van der Waals surface area contributed by atoms with Crippen LogP contribution in [0.3, 0.4) is 0 Å².